The molecule has 0 saturated carbocycles. The second-order valence-corrected chi connectivity index (χ2v) is 7.54. The van der Waals surface area contributed by atoms with Gasteiger partial charge in [-0.05, 0) is 31.9 Å². The molecule has 0 aromatic heterocycles. The summed E-state index contributed by atoms with van der Waals surface area (Å²) in [5.74, 6) is 0. The third-order valence-electron chi connectivity index (χ3n) is 3.89. The zero-order valence-corrected chi connectivity index (χ0v) is 14.6. The van der Waals surface area contributed by atoms with Crippen molar-refractivity contribution >= 4 is 10.1 Å². The summed E-state index contributed by atoms with van der Waals surface area (Å²) in [5, 5.41) is 11.4. The van der Waals surface area contributed by atoms with Gasteiger partial charge in [0.25, 0.3) is 10.1 Å². The highest BCUT2D eigenvalue weighted by Crippen LogP contribution is 2.35. The van der Waals surface area contributed by atoms with Crippen molar-refractivity contribution in [3.8, 4) is 0 Å². The fraction of sp³-hybridized carbons (Fsp3) is 0.333. The van der Waals surface area contributed by atoms with E-state index in [0.717, 1.165) is 17.4 Å². The summed E-state index contributed by atoms with van der Waals surface area (Å²) in [4.78, 5) is 0. The minimum absolute atomic E-state index is 0.586. The summed E-state index contributed by atoms with van der Waals surface area (Å²) in [6.07, 6.45) is 0.0108. The van der Waals surface area contributed by atoms with Crippen molar-refractivity contribution in [2.75, 3.05) is 6.26 Å². The molecule has 1 unspecified atom stereocenters. The highest BCUT2D eigenvalue weighted by molar-refractivity contribution is 7.86. The zero-order chi connectivity index (χ0) is 17.3. The lowest BCUT2D eigenvalue weighted by atomic mass is 9.82. The molecule has 0 fully saturated rings. The van der Waals surface area contributed by atoms with Crippen molar-refractivity contribution < 1.29 is 17.7 Å². The minimum Gasteiger partial charge on any atom is -0.378 e. The molecule has 124 valence electrons. The maximum absolute atomic E-state index is 11.5. The van der Waals surface area contributed by atoms with Gasteiger partial charge >= 0.3 is 0 Å². The highest BCUT2D eigenvalue weighted by atomic mass is 32.2. The summed E-state index contributed by atoms with van der Waals surface area (Å²) in [5.41, 5.74) is 1.71. The fourth-order valence-corrected chi connectivity index (χ4v) is 3.25. The van der Waals surface area contributed by atoms with E-state index in [1.807, 2.05) is 38.1 Å². The van der Waals surface area contributed by atoms with Crippen LogP contribution in [0.3, 0.4) is 0 Å². The van der Waals surface area contributed by atoms with Crippen LogP contribution in [0.15, 0.2) is 48.5 Å². The third-order valence-corrected chi connectivity index (χ3v) is 4.53. The van der Waals surface area contributed by atoms with E-state index in [2.05, 4.69) is 0 Å². The van der Waals surface area contributed by atoms with E-state index in [-0.39, 0.29) is 0 Å². The number of aryl methyl sites for hydroxylation is 2. The molecule has 0 radical (unpaired) electrons. The molecule has 1 N–H and O–H groups in total. The Kier molecular flexibility index (Phi) is 4.94. The molecule has 0 aliphatic rings. The maximum atomic E-state index is 11.5. The van der Waals surface area contributed by atoms with Gasteiger partial charge in [0.1, 0.15) is 11.7 Å². The number of hydrogen-bond acceptors (Lipinski definition) is 4. The van der Waals surface area contributed by atoms with Gasteiger partial charge in [-0.2, -0.15) is 8.42 Å². The summed E-state index contributed by atoms with van der Waals surface area (Å²) < 4.78 is 28.1. The first-order chi connectivity index (χ1) is 10.6. The van der Waals surface area contributed by atoms with Crippen LogP contribution in [0.1, 0.15) is 29.2 Å². The van der Waals surface area contributed by atoms with Crippen LogP contribution in [0.25, 0.3) is 0 Å². The summed E-state index contributed by atoms with van der Waals surface area (Å²) in [6, 6.07) is 14.7. The Labute approximate surface area is 137 Å². The van der Waals surface area contributed by atoms with E-state index < -0.39 is 21.8 Å². The van der Waals surface area contributed by atoms with Crippen molar-refractivity contribution in [3.63, 3.8) is 0 Å². The molecule has 5 heteroatoms. The molecule has 1 atom stereocenters. The van der Waals surface area contributed by atoms with Crippen molar-refractivity contribution in [2.24, 2.45) is 0 Å². The average molecular weight is 334 g/mol. The van der Waals surface area contributed by atoms with Gasteiger partial charge in [0.15, 0.2) is 0 Å². The van der Waals surface area contributed by atoms with Crippen LogP contribution in [-0.4, -0.2) is 25.9 Å². The van der Waals surface area contributed by atoms with Gasteiger partial charge in [0, 0.05) is 0 Å². The van der Waals surface area contributed by atoms with Crippen LogP contribution in [0, 0.1) is 13.8 Å². The van der Waals surface area contributed by atoms with Gasteiger partial charge in [-0.1, -0.05) is 59.7 Å². The quantitative estimate of drug-likeness (QED) is 0.854. The second kappa shape index (κ2) is 6.43. The van der Waals surface area contributed by atoms with Gasteiger partial charge in [0.05, 0.1) is 6.26 Å². The molecule has 0 amide bonds. The molecule has 0 spiro atoms. The Morgan fingerprint density at radius 3 is 1.57 bits per heavy atom. The molecule has 23 heavy (non-hydrogen) atoms. The normalized spacial score (nSPS) is 13.8. The van der Waals surface area contributed by atoms with E-state index in [0.29, 0.717) is 11.1 Å². The second-order valence-electron chi connectivity index (χ2n) is 5.94. The lowest BCUT2D eigenvalue weighted by Crippen LogP contribution is -2.41. The Balaban J connectivity index is 2.58. The van der Waals surface area contributed by atoms with Crippen LogP contribution < -0.4 is 0 Å². The van der Waals surface area contributed by atoms with Gasteiger partial charge in [-0.25, -0.2) is 0 Å². The van der Waals surface area contributed by atoms with Gasteiger partial charge in [-0.15, -0.1) is 0 Å². The molecule has 2 aromatic carbocycles. The number of aliphatic hydroxyl groups is 1. The molecular weight excluding hydrogens is 312 g/mol. The van der Waals surface area contributed by atoms with Gasteiger partial charge in [-0.3, -0.25) is 4.18 Å². The van der Waals surface area contributed by atoms with Crippen molar-refractivity contribution in [1.82, 2.24) is 0 Å². The monoisotopic (exact) mass is 334 g/mol. The van der Waals surface area contributed by atoms with Crippen LogP contribution in [0.2, 0.25) is 0 Å². The summed E-state index contributed by atoms with van der Waals surface area (Å²) in [6.45, 7) is 5.46. The number of hydrogen-bond donors (Lipinski definition) is 1. The molecule has 0 aliphatic heterocycles. The Bertz CT molecular complexity index is 716. The van der Waals surface area contributed by atoms with Crippen LogP contribution >= 0.6 is 0 Å². The van der Waals surface area contributed by atoms with Crippen molar-refractivity contribution in [3.05, 3.63) is 70.8 Å². The Hall–Kier alpha value is -1.69. The molecule has 0 heterocycles. The standard InChI is InChI=1S/C18H22O4S/c1-13-5-9-16(10-6-13)18(19,15(3)22-23(4,20)21)17-11-7-14(2)8-12-17/h5-12,15,19H,1-4H3. The molecule has 0 aliphatic carbocycles. The van der Waals surface area contributed by atoms with Crippen molar-refractivity contribution in [2.45, 2.75) is 32.5 Å². The maximum Gasteiger partial charge on any atom is 0.264 e. The summed E-state index contributed by atoms with van der Waals surface area (Å²) in [7, 11) is -3.70. The molecule has 0 saturated heterocycles. The molecule has 4 nitrogen and oxygen atoms in total. The summed E-state index contributed by atoms with van der Waals surface area (Å²) >= 11 is 0. The van der Waals surface area contributed by atoms with E-state index in [1.54, 1.807) is 31.2 Å². The lowest BCUT2D eigenvalue weighted by Gasteiger charge is -2.34. The molecule has 0 bridgehead atoms. The molecule has 2 aromatic rings. The average Bonchev–Trinajstić information content (AvgIpc) is 2.46. The smallest absolute Gasteiger partial charge is 0.264 e. The van der Waals surface area contributed by atoms with E-state index in [1.165, 1.54) is 0 Å². The van der Waals surface area contributed by atoms with Gasteiger partial charge < -0.3 is 5.11 Å². The lowest BCUT2D eigenvalue weighted by molar-refractivity contribution is -0.0225. The first kappa shape index (κ1) is 17.7. The molecule has 2 rings (SSSR count). The van der Waals surface area contributed by atoms with E-state index in [4.69, 9.17) is 4.18 Å². The predicted octanol–water partition coefficient (Wildman–Crippen LogP) is 2.90. The Morgan fingerprint density at radius 2 is 1.26 bits per heavy atom. The fourth-order valence-electron chi connectivity index (χ4n) is 2.58. The highest BCUT2D eigenvalue weighted by Gasteiger charge is 2.40. The number of benzene rings is 2. The first-order valence-electron chi connectivity index (χ1n) is 7.38. The minimum atomic E-state index is -3.70. The number of rotatable bonds is 5. The van der Waals surface area contributed by atoms with E-state index >= 15 is 0 Å². The molecular formula is C18H22O4S. The van der Waals surface area contributed by atoms with Gasteiger partial charge in [0.2, 0.25) is 0 Å². The van der Waals surface area contributed by atoms with Crippen molar-refractivity contribution in [1.29, 1.82) is 0 Å². The van der Waals surface area contributed by atoms with Crippen LogP contribution in [-0.2, 0) is 19.9 Å². The SMILES string of the molecule is Cc1ccc(C(O)(c2ccc(C)cc2)C(C)OS(C)(=O)=O)cc1. The largest absolute Gasteiger partial charge is 0.378 e. The Morgan fingerprint density at radius 1 is 0.913 bits per heavy atom. The zero-order valence-electron chi connectivity index (χ0n) is 13.8. The van der Waals surface area contributed by atoms with E-state index in [9.17, 15) is 13.5 Å². The predicted molar refractivity (Wildman–Crippen MR) is 90.7 cm³/mol. The first-order valence-corrected chi connectivity index (χ1v) is 9.19. The van der Waals surface area contributed by atoms with Crippen LogP contribution in [0.4, 0.5) is 0 Å². The topological polar surface area (TPSA) is 63.6 Å². The third kappa shape index (κ3) is 3.99. The van der Waals surface area contributed by atoms with Crippen LogP contribution in [0.5, 0.6) is 0 Å².